The lowest BCUT2D eigenvalue weighted by Gasteiger charge is -2.21. The lowest BCUT2D eigenvalue weighted by atomic mass is 10.1. The van der Waals surface area contributed by atoms with Gasteiger partial charge in [0, 0.05) is 6.54 Å². The molecular formula is C7H10NO4. The maximum absolute atomic E-state index is 11.0. The Morgan fingerprint density at radius 1 is 1.50 bits per heavy atom. The van der Waals surface area contributed by atoms with Gasteiger partial charge in [-0.15, -0.1) is 0 Å². The standard InChI is InChI=1S/C7H10NO4/c9-6(3-7(10)11)5-4-12-2-1-8-5/h5,8H,1-4H2. The number of morpholine rings is 1. The number of ketones is 1. The van der Waals surface area contributed by atoms with Gasteiger partial charge in [0.1, 0.15) is 6.42 Å². The zero-order valence-electron chi connectivity index (χ0n) is 6.54. The molecule has 67 valence electrons. The van der Waals surface area contributed by atoms with Crippen LogP contribution in [0.4, 0.5) is 0 Å². The van der Waals surface area contributed by atoms with Crippen molar-refractivity contribution >= 4 is 11.8 Å². The number of hydrogen-bond acceptors (Lipinski definition) is 4. The zero-order chi connectivity index (χ0) is 8.97. The predicted molar refractivity (Wildman–Crippen MR) is 37.9 cm³/mol. The smallest absolute Gasteiger partial charge is 0.362 e. The maximum Gasteiger partial charge on any atom is 0.362 e. The topological polar surface area (TPSA) is 75.3 Å². The first-order valence-corrected chi connectivity index (χ1v) is 3.74. The van der Waals surface area contributed by atoms with Crippen LogP contribution in [0.3, 0.4) is 0 Å². The summed E-state index contributed by atoms with van der Waals surface area (Å²) < 4.78 is 4.99. The van der Waals surface area contributed by atoms with Crippen LogP contribution in [0, 0.1) is 0 Å². The average molecular weight is 172 g/mol. The lowest BCUT2D eigenvalue weighted by Crippen LogP contribution is -2.46. The van der Waals surface area contributed by atoms with Gasteiger partial charge in [0.2, 0.25) is 0 Å². The van der Waals surface area contributed by atoms with Crippen molar-refractivity contribution in [3.63, 3.8) is 0 Å². The Bertz CT molecular complexity index is 186. The van der Waals surface area contributed by atoms with Gasteiger partial charge in [0.15, 0.2) is 5.78 Å². The monoisotopic (exact) mass is 172 g/mol. The molecule has 1 rings (SSSR count). The van der Waals surface area contributed by atoms with Crippen LogP contribution in [-0.4, -0.2) is 37.6 Å². The van der Waals surface area contributed by atoms with E-state index in [4.69, 9.17) is 4.74 Å². The van der Waals surface area contributed by atoms with Crippen molar-refractivity contribution in [2.24, 2.45) is 0 Å². The largest absolute Gasteiger partial charge is 0.378 e. The predicted octanol–water partition coefficient (Wildman–Crippen LogP) is -1.11. The van der Waals surface area contributed by atoms with Gasteiger partial charge in [-0.1, -0.05) is 0 Å². The molecule has 0 bridgehead atoms. The van der Waals surface area contributed by atoms with E-state index in [2.05, 4.69) is 5.32 Å². The Labute approximate surface area is 69.7 Å². The van der Waals surface area contributed by atoms with E-state index in [1.165, 1.54) is 0 Å². The molecule has 1 N–H and O–H groups in total. The van der Waals surface area contributed by atoms with Crippen LogP contribution in [0.2, 0.25) is 0 Å². The van der Waals surface area contributed by atoms with Crippen LogP contribution in [0.5, 0.6) is 0 Å². The van der Waals surface area contributed by atoms with E-state index in [1.807, 2.05) is 0 Å². The van der Waals surface area contributed by atoms with Crippen molar-refractivity contribution in [2.45, 2.75) is 12.5 Å². The number of carbonyl (C=O) groups excluding carboxylic acids is 2. The molecule has 1 aliphatic rings. The van der Waals surface area contributed by atoms with E-state index in [1.54, 1.807) is 0 Å². The van der Waals surface area contributed by atoms with Gasteiger partial charge >= 0.3 is 5.97 Å². The van der Waals surface area contributed by atoms with E-state index >= 15 is 0 Å². The zero-order valence-corrected chi connectivity index (χ0v) is 6.54. The van der Waals surface area contributed by atoms with Crippen LogP contribution in [0.1, 0.15) is 6.42 Å². The van der Waals surface area contributed by atoms with Gasteiger partial charge in [-0.25, -0.2) is 9.90 Å². The van der Waals surface area contributed by atoms with Crippen LogP contribution in [-0.2, 0) is 19.4 Å². The summed E-state index contributed by atoms with van der Waals surface area (Å²) in [5, 5.41) is 12.9. The van der Waals surface area contributed by atoms with E-state index in [9.17, 15) is 14.7 Å². The molecule has 1 saturated heterocycles. The normalized spacial score (nSPS) is 23.5. The number of ether oxygens (including phenoxy) is 1. The summed E-state index contributed by atoms with van der Waals surface area (Å²) in [7, 11) is 0. The number of carbonyl (C=O) groups is 2. The minimum Gasteiger partial charge on any atom is -0.378 e. The van der Waals surface area contributed by atoms with Gasteiger partial charge in [-0.3, -0.25) is 4.79 Å². The Morgan fingerprint density at radius 3 is 2.75 bits per heavy atom. The minimum absolute atomic E-state index is 0.256. The molecule has 1 unspecified atom stereocenters. The second kappa shape index (κ2) is 4.18. The second-order valence-corrected chi connectivity index (χ2v) is 2.60. The average Bonchev–Trinajstić information content (AvgIpc) is 2.05. The van der Waals surface area contributed by atoms with Crippen LogP contribution in [0.25, 0.3) is 0 Å². The van der Waals surface area contributed by atoms with Crippen molar-refractivity contribution in [3.05, 3.63) is 0 Å². The molecule has 0 aromatic carbocycles. The highest BCUT2D eigenvalue weighted by atomic mass is 16.5. The molecular weight excluding hydrogens is 162 g/mol. The number of rotatable bonds is 3. The van der Waals surface area contributed by atoms with Crippen molar-refractivity contribution in [1.29, 1.82) is 0 Å². The molecule has 5 nitrogen and oxygen atoms in total. The fraction of sp³-hybridized carbons (Fsp3) is 0.714. The molecule has 1 aliphatic heterocycles. The molecule has 1 radical (unpaired) electrons. The molecule has 12 heavy (non-hydrogen) atoms. The Hall–Kier alpha value is -0.940. The Kier molecular flexibility index (Phi) is 3.19. The van der Waals surface area contributed by atoms with Crippen LogP contribution >= 0.6 is 0 Å². The highest BCUT2D eigenvalue weighted by molar-refractivity contribution is 5.97. The summed E-state index contributed by atoms with van der Waals surface area (Å²) in [5.74, 6) is -1.72. The molecule has 0 saturated carbocycles. The first-order valence-electron chi connectivity index (χ1n) is 3.74. The molecule has 0 aromatic heterocycles. The van der Waals surface area contributed by atoms with Gasteiger partial charge in [0.05, 0.1) is 19.3 Å². The third-order valence-electron chi connectivity index (χ3n) is 1.63. The third kappa shape index (κ3) is 2.60. The van der Waals surface area contributed by atoms with Gasteiger partial charge in [-0.2, -0.15) is 0 Å². The summed E-state index contributed by atoms with van der Waals surface area (Å²) in [4.78, 5) is 21.1. The molecule has 1 heterocycles. The maximum atomic E-state index is 11.0. The molecule has 0 amide bonds. The third-order valence-corrected chi connectivity index (χ3v) is 1.63. The Balaban J connectivity index is 2.34. The number of Topliss-reactive ketones (excluding diaryl/α,β-unsaturated/α-hetero) is 1. The van der Waals surface area contributed by atoms with Crippen molar-refractivity contribution < 1.29 is 19.4 Å². The first-order chi connectivity index (χ1) is 5.70. The van der Waals surface area contributed by atoms with Crippen LogP contribution in [0.15, 0.2) is 0 Å². The van der Waals surface area contributed by atoms with Crippen molar-refractivity contribution in [1.82, 2.24) is 5.32 Å². The van der Waals surface area contributed by atoms with E-state index in [0.29, 0.717) is 13.2 Å². The quantitative estimate of drug-likeness (QED) is 0.548. The van der Waals surface area contributed by atoms with Crippen molar-refractivity contribution in [3.8, 4) is 0 Å². The first kappa shape index (κ1) is 9.15. The number of hydrogen-bond donors (Lipinski definition) is 1. The van der Waals surface area contributed by atoms with Crippen LogP contribution < -0.4 is 5.32 Å². The fourth-order valence-electron chi connectivity index (χ4n) is 1.04. The summed E-state index contributed by atoms with van der Waals surface area (Å²) in [6, 6.07) is -0.475. The lowest BCUT2D eigenvalue weighted by molar-refractivity contribution is -0.146. The van der Waals surface area contributed by atoms with Gasteiger partial charge < -0.3 is 10.1 Å². The summed E-state index contributed by atoms with van der Waals surface area (Å²) in [6.07, 6.45) is -0.541. The minimum atomic E-state index is -1.34. The van der Waals surface area contributed by atoms with E-state index in [0.717, 1.165) is 0 Å². The van der Waals surface area contributed by atoms with E-state index < -0.39 is 18.4 Å². The summed E-state index contributed by atoms with van der Waals surface area (Å²) in [6.45, 7) is 1.41. The second-order valence-electron chi connectivity index (χ2n) is 2.60. The fourth-order valence-corrected chi connectivity index (χ4v) is 1.04. The molecule has 1 atom stereocenters. The van der Waals surface area contributed by atoms with Gasteiger partial charge in [0.25, 0.3) is 0 Å². The SMILES string of the molecule is [O]C(=O)CC(=O)C1COCCN1. The number of nitrogens with one attached hydrogen (secondary N) is 1. The summed E-state index contributed by atoms with van der Waals surface area (Å²) in [5.41, 5.74) is 0. The molecule has 0 spiro atoms. The van der Waals surface area contributed by atoms with E-state index in [-0.39, 0.29) is 12.4 Å². The molecule has 0 aromatic rings. The van der Waals surface area contributed by atoms with Gasteiger partial charge in [-0.05, 0) is 0 Å². The highest BCUT2D eigenvalue weighted by Gasteiger charge is 2.23. The Morgan fingerprint density at radius 2 is 2.25 bits per heavy atom. The summed E-state index contributed by atoms with van der Waals surface area (Å²) >= 11 is 0. The van der Waals surface area contributed by atoms with Crippen molar-refractivity contribution in [2.75, 3.05) is 19.8 Å². The molecule has 5 heteroatoms. The molecule has 1 fully saturated rings. The molecule has 0 aliphatic carbocycles. The highest BCUT2D eigenvalue weighted by Crippen LogP contribution is 1.97.